The highest BCUT2D eigenvalue weighted by Crippen LogP contribution is 2.19. The van der Waals surface area contributed by atoms with Gasteiger partial charge in [0.15, 0.2) is 0 Å². The number of phenols is 1. The molecule has 106 valence electrons. The Morgan fingerprint density at radius 1 is 1.24 bits per heavy atom. The number of halogens is 1. The summed E-state index contributed by atoms with van der Waals surface area (Å²) < 4.78 is 3.13. The van der Waals surface area contributed by atoms with Crippen LogP contribution in [0, 0.1) is 0 Å². The van der Waals surface area contributed by atoms with E-state index in [9.17, 15) is 5.11 Å². The van der Waals surface area contributed by atoms with Gasteiger partial charge in [-0.05, 0) is 30.3 Å². The summed E-state index contributed by atoms with van der Waals surface area (Å²) in [5.41, 5.74) is 1.65. The molecule has 21 heavy (non-hydrogen) atoms. The summed E-state index contributed by atoms with van der Waals surface area (Å²) in [6.45, 7) is 0. The van der Waals surface area contributed by atoms with Gasteiger partial charge < -0.3 is 9.67 Å². The molecule has 0 fully saturated rings. The van der Waals surface area contributed by atoms with Crippen molar-refractivity contribution in [2.24, 2.45) is 17.3 Å². The first kappa shape index (κ1) is 13.9. The van der Waals surface area contributed by atoms with Gasteiger partial charge >= 0.3 is 0 Å². The Hall–Kier alpha value is -2.11. The van der Waals surface area contributed by atoms with E-state index in [1.807, 2.05) is 35.9 Å². The van der Waals surface area contributed by atoms with Crippen LogP contribution in [0.2, 0.25) is 5.02 Å². The number of hydrogen-bond donors (Lipinski definition) is 1. The lowest BCUT2D eigenvalue weighted by atomic mass is 10.2. The van der Waals surface area contributed by atoms with Crippen molar-refractivity contribution in [3.05, 3.63) is 57.9 Å². The minimum Gasteiger partial charge on any atom is -0.507 e. The molecular formula is C15H12ClN3OS. The van der Waals surface area contributed by atoms with Crippen LogP contribution in [0.25, 0.3) is 10.2 Å². The Balaban J connectivity index is 1.99. The molecule has 0 spiro atoms. The fourth-order valence-electron chi connectivity index (χ4n) is 1.95. The van der Waals surface area contributed by atoms with Crippen molar-refractivity contribution in [1.29, 1.82) is 0 Å². The van der Waals surface area contributed by atoms with Crippen molar-refractivity contribution >= 4 is 39.4 Å². The molecule has 4 nitrogen and oxygen atoms in total. The molecule has 3 aromatic rings. The monoisotopic (exact) mass is 317 g/mol. The molecule has 0 saturated heterocycles. The molecule has 0 atom stereocenters. The van der Waals surface area contributed by atoms with Crippen LogP contribution in [0.1, 0.15) is 5.56 Å². The zero-order chi connectivity index (χ0) is 14.8. The van der Waals surface area contributed by atoms with Gasteiger partial charge in [-0.3, -0.25) is 0 Å². The van der Waals surface area contributed by atoms with Crippen LogP contribution in [0.15, 0.2) is 52.7 Å². The summed E-state index contributed by atoms with van der Waals surface area (Å²) >= 11 is 7.45. The van der Waals surface area contributed by atoms with Crippen molar-refractivity contribution in [2.45, 2.75) is 0 Å². The molecule has 1 N–H and O–H groups in total. The molecule has 1 aromatic heterocycles. The van der Waals surface area contributed by atoms with Crippen molar-refractivity contribution in [3.8, 4) is 5.75 Å². The van der Waals surface area contributed by atoms with Crippen molar-refractivity contribution in [2.75, 3.05) is 0 Å². The van der Waals surface area contributed by atoms with Gasteiger partial charge in [-0.25, -0.2) is 0 Å². The van der Waals surface area contributed by atoms with Crippen LogP contribution < -0.4 is 4.80 Å². The Morgan fingerprint density at radius 2 is 2.05 bits per heavy atom. The van der Waals surface area contributed by atoms with E-state index < -0.39 is 0 Å². The van der Waals surface area contributed by atoms with E-state index in [4.69, 9.17) is 11.6 Å². The molecule has 6 heteroatoms. The van der Waals surface area contributed by atoms with Crippen LogP contribution in [-0.4, -0.2) is 15.9 Å². The molecule has 0 aliphatic rings. The Kier molecular flexibility index (Phi) is 3.77. The summed E-state index contributed by atoms with van der Waals surface area (Å²) in [4.78, 5) is 0.786. The van der Waals surface area contributed by atoms with E-state index in [-0.39, 0.29) is 5.75 Å². The first-order valence-corrected chi connectivity index (χ1v) is 7.45. The first-order valence-electron chi connectivity index (χ1n) is 6.25. The summed E-state index contributed by atoms with van der Waals surface area (Å²) in [7, 11) is 1.95. The van der Waals surface area contributed by atoms with Gasteiger partial charge in [0.25, 0.3) is 0 Å². The number of nitrogens with zero attached hydrogens (tertiary/aromatic N) is 3. The summed E-state index contributed by atoms with van der Waals surface area (Å²) in [6, 6.07) is 12.9. The summed E-state index contributed by atoms with van der Waals surface area (Å²) in [5, 5.41) is 18.5. The van der Waals surface area contributed by atoms with Crippen LogP contribution in [0.4, 0.5) is 0 Å². The standard InChI is InChI=1S/C15H12ClN3OS/c1-19-12-4-2-3-5-14(12)21-15(19)18-17-9-10-8-11(16)6-7-13(10)20/h2-9,20H,1H3/b17-9-,18-15+. The Bertz CT molecular complexity index is 895. The maximum Gasteiger partial charge on any atom is 0.211 e. The number of fused-ring (bicyclic) bond motifs is 1. The first-order chi connectivity index (χ1) is 10.1. The smallest absolute Gasteiger partial charge is 0.211 e. The van der Waals surface area contributed by atoms with E-state index in [1.54, 1.807) is 23.5 Å². The molecular weight excluding hydrogens is 306 g/mol. The number of aromatic nitrogens is 1. The van der Waals surface area contributed by atoms with E-state index in [0.29, 0.717) is 10.6 Å². The lowest BCUT2D eigenvalue weighted by Gasteiger charge is -1.97. The maximum absolute atomic E-state index is 9.71. The molecule has 0 bridgehead atoms. The third-order valence-electron chi connectivity index (χ3n) is 3.04. The number of aromatic hydroxyl groups is 1. The highest BCUT2D eigenvalue weighted by Gasteiger charge is 2.01. The Labute approximate surface area is 130 Å². The second-order valence-corrected chi connectivity index (χ2v) is 5.90. The third-order valence-corrected chi connectivity index (χ3v) is 4.38. The van der Waals surface area contributed by atoms with E-state index >= 15 is 0 Å². The molecule has 0 amide bonds. The highest BCUT2D eigenvalue weighted by molar-refractivity contribution is 7.16. The minimum atomic E-state index is 0.124. The van der Waals surface area contributed by atoms with E-state index in [0.717, 1.165) is 15.0 Å². The molecule has 0 radical (unpaired) electrons. The van der Waals surface area contributed by atoms with Crippen molar-refractivity contribution < 1.29 is 5.11 Å². The molecule has 2 aromatic carbocycles. The van der Waals surface area contributed by atoms with E-state index in [2.05, 4.69) is 10.2 Å². The van der Waals surface area contributed by atoms with Gasteiger partial charge in [0.2, 0.25) is 4.80 Å². The van der Waals surface area contributed by atoms with Crippen LogP contribution in [0.3, 0.4) is 0 Å². The predicted molar refractivity (Wildman–Crippen MR) is 87.1 cm³/mol. The van der Waals surface area contributed by atoms with Gasteiger partial charge in [-0.1, -0.05) is 35.1 Å². The average molecular weight is 318 g/mol. The van der Waals surface area contributed by atoms with Crippen molar-refractivity contribution in [3.63, 3.8) is 0 Å². The van der Waals surface area contributed by atoms with Gasteiger partial charge in [0.1, 0.15) is 5.75 Å². The van der Waals surface area contributed by atoms with Crippen LogP contribution in [0.5, 0.6) is 5.75 Å². The number of hydrogen-bond acceptors (Lipinski definition) is 4. The summed E-state index contributed by atoms with van der Waals surface area (Å²) in [5.74, 6) is 0.124. The topological polar surface area (TPSA) is 49.9 Å². The van der Waals surface area contributed by atoms with Gasteiger partial charge in [-0.15, -0.1) is 5.10 Å². The SMILES string of the molecule is Cn1/c(=N\N=C/c2cc(Cl)ccc2O)sc2ccccc21. The molecule has 3 rings (SSSR count). The third kappa shape index (κ3) is 2.84. The number of thiazole rings is 1. The lowest BCUT2D eigenvalue weighted by Crippen LogP contribution is -2.08. The van der Waals surface area contributed by atoms with Crippen molar-refractivity contribution in [1.82, 2.24) is 4.57 Å². The zero-order valence-corrected chi connectivity index (χ0v) is 12.8. The second-order valence-electron chi connectivity index (χ2n) is 4.46. The molecule has 1 heterocycles. The number of benzene rings is 2. The van der Waals surface area contributed by atoms with Crippen LogP contribution >= 0.6 is 22.9 Å². The largest absolute Gasteiger partial charge is 0.507 e. The molecule has 0 aliphatic heterocycles. The highest BCUT2D eigenvalue weighted by atomic mass is 35.5. The number of para-hydroxylation sites is 1. The fraction of sp³-hybridized carbons (Fsp3) is 0.0667. The number of aryl methyl sites for hydroxylation is 1. The molecule has 0 unspecified atom stereocenters. The fourth-order valence-corrected chi connectivity index (χ4v) is 3.10. The van der Waals surface area contributed by atoms with Gasteiger partial charge in [0.05, 0.1) is 16.4 Å². The number of phenolic OH excluding ortho intramolecular Hbond substituents is 1. The minimum absolute atomic E-state index is 0.124. The van der Waals surface area contributed by atoms with Crippen LogP contribution in [-0.2, 0) is 7.05 Å². The average Bonchev–Trinajstić information content (AvgIpc) is 2.80. The molecule has 0 aliphatic carbocycles. The van der Waals surface area contributed by atoms with Gasteiger partial charge in [0, 0.05) is 17.6 Å². The van der Waals surface area contributed by atoms with Gasteiger partial charge in [-0.2, -0.15) is 5.10 Å². The quantitative estimate of drug-likeness (QED) is 0.570. The molecule has 0 saturated carbocycles. The maximum atomic E-state index is 9.71. The normalized spacial score (nSPS) is 12.6. The summed E-state index contributed by atoms with van der Waals surface area (Å²) in [6.07, 6.45) is 1.49. The number of rotatable bonds is 2. The predicted octanol–water partition coefficient (Wildman–Crippen LogP) is 3.53. The second kappa shape index (κ2) is 5.71. The van der Waals surface area contributed by atoms with E-state index in [1.165, 1.54) is 12.3 Å². The Morgan fingerprint density at radius 3 is 2.86 bits per heavy atom. The zero-order valence-electron chi connectivity index (χ0n) is 11.2. The lowest BCUT2D eigenvalue weighted by molar-refractivity contribution is 0.474.